The number of rotatable bonds is 4. The van der Waals surface area contributed by atoms with Gasteiger partial charge in [-0.25, -0.2) is 4.98 Å². The summed E-state index contributed by atoms with van der Waals surface area (Å²) in [7, 11) is 0. The number of imidazole rings is 1. The van der Waals surface area contributed by atoms with E-state index >= 15 is 0 Å². The topological polar surface area (TPSA) is 38.1 Å². The Labute approximate surface area is 162 Å². The predicted octanol–water partition coefficient (Wildman–Crippen LogP) is 4.73. The van der Waals surface area contributed by atoms with Gasteiger partial charge in [0.15, 0.2) is 0 Å². The molecule has 1 aromatic heterocycles. The van der Waals surface area contributed by atoms with E-state index in [1.165, 1.54) is 0 Å². The molecule has 2 heterocycles. The average Bonchev–Trinajstić information content (AvgIpc) is 3.19. The van der Waals surface area contributed by atoms with Crippen LogP contribution in [0, 0.1) is 0 Å². The molecule has 26 heavy (non-hydrogen) atoms. The summed E-state index contributed by atoms with van der Waals surface area (Å²) < 4.78 is 2.20. The van der Waals surface area contributed by atoms with Crippen molar-refractivity contribution in [3.05, 3.63) is 63.9 Å². The molecular weight excluding hydrogens is 369 g/mol. The summed E-state index contributed by atoms with van der Waals surface area (Å²) in [4.78, 5) is 19.0. The van der Waals surface area contributed by atoms with Gasteiger partial charge in [0.05, 0.1) is 21.1 Å². The van der Waals surface area contributed by atoms with Crippen LogP contribution in [0.25, 0.3) is 11.0 Å². The fraction of sp³-hybridized carbons (Fsp3) is 0.300. The maximum atomic E-state index is 12.2. The number of para-hydroxylation sites is 2. The quantitative estimate of drug-likeness (QED) is 0.648. The van der Waals surface area contributed by atoms with Crippen molar-refractivity contribution in [3.63, 3.8) is 0 Å². The number of carbonyl (C=O) groups is 1. The molecule has 0 aliphatic carbocycles. The van der Waals surface area contributed by atoms with Gasteiger partial charge in [-0.15, -0.1) is 0 Å². The van der Waals surface area contributed by atoms with Crippen molar-refractivity contribution in [2.24, 2.45) is 0 Å². The fourth-order valence-electron chi connectivity index (χ4n) is 3.64. The van der Waals surface area contributed by atoms with E-state index in [2.05, 4.69) is 10.6 Å². The number of hydrogen-bond donors (Lipinski definition) is 0. The van der Waals surface area contributed by atoms with Crippen LogP contribution in [-0.2, 0) is 11.3 Å². The minimum absolute atomic E-state index is 0.109. The lowest BCUT2D eigenvalue weighted by atomic mass is 10.1. The first kappa shape index (κ1) is 17.4. The molecule has 4 nitrogen and oxygen atoms in total. The van der Waals surface area contributed by atoms with Crippen molar-refractivity contribution < 1.29 is 4.79 Å². The van der Waals surface area contributed by atoms with Gasteiger partial charge >= 0.3 is 0 Å². The molecule has 1 aliphatic heterocycles. The Bertz CT molecular complexity index is 982. The van der Waals surface area contributed by atoms with Crippen LogP contribution in [-0.4, -0.2) is 33.4 Å². The molecule has 3 aromatic rings. The smallest absolute Gasteiger partial charge is 0.223 e. The zero-order chi connectivity index (χ0) is 18.3. The summed E-state index contributed by atoms with van der Waals surface area (Å²) in [5.41, 5.74) is 3.07. The zero-order valence-corrected chi connectivity index (χ0v) is 16.0. The summed E-state index contributed by atoms with van der Waals surface area (Å²) in [5, 5.41) is 1.09. The number of fused-ring (bicyclic) bond motifs is 1. The Hall–Kier alpha value is -2.04. The van der Waals surface area contributed by atoms with Crippen LogP contribution in [0.15, 0.2) is 42.5 Å². The molecule has 1 amide bonds. The molecule has 1 aliphatic rings. The van der Waals surface area contributed by atoms with Gasteiger partial charge in [0.25, 0.3) is 0 Å². The SMILES string of the molecule is CCN1C[C@@H](c2nc3ccccc3n2Cc2ccc(Cl)c(Cl)c2)CC1=O. The average molecular weight is 388 g/mol. The van der Waals surface area contributed by atoms with E-state index < -0.39 is 0 Å². The first-order valence-corrected chi connectivity index (χ1v) is 9.49. The minimum Gasteiger partial charge on any atom is -0.342 e. The third-order valence-electron chi connectivity index (χ3n) is 4.97. The Morgan fingerprint density at radius 1 is 1.15 bits per heavy atom. The van der Waals surface area contributed by atoms with Crippen LogP contribution in [0.4, 0.5) is 0 Å². The molecule has 0 radical (unpaired) electrons. The number of halogens is 2. The van der Waals surface area contributed by atoms with Crippen LogP contribution >= 0.6 is 23.2 Å². The number of nitrogens with zero attached hydrogens (tertiary/aromatic N) is 3. The lowest BCUT2D eigenvalue weighted by molar-refractivity contribution is -0.127. The Morgan fingerprint density at radius 3 is 2.69 bits per heavy atom. The highest BCUT2D eigenvalue weighted by atomic mass is 35.5. The van der Waals surface area contributed by atoms with Crippen LogP contribution in [0.1, 0.15) is 30.7 Å². The normalized spacial score (nSPS) is 17.4. The Kier molecular flexibility index (Phi) is 4.63. The third-order valence-corrected chi connectivity index (χ3v) is 5.71. The second-order valence-corrected chi connectivity index (χ2v) is 7.44. The van der Waals surface area contributed by atoms with Crippen molar-refractivity contribution in [2.75, 3.05) is 13.1 Å². The summed E-state index contributed by atoms with van der Waals surface area (Å²) in [6, 6.07) is 13.8. The van der Waals surface area contributed by atoms with E-state index in [1.54, 1.807) is 0 Å². The standard InChI is InChI=1S/C20H19Cl2N3O/c1-2-24-12-14(10-19(24)26)20-23-17-5-3-4-6-18(17)25(20)11-13-7-8-15(21)16(22)9-13/h3-9,14H,2,10-12H2,1H3/t14-/m0/s1. The van der Waals surface area contributed by atoms with Gasteiger partial charge in [-0.3, -0.25) is 4.79 Å². The van der Waals surface area contributed by atoms with E-state index in [0.717, 1.165) is 35.5 Å². The zero-order valence-electron chi connectivity index (χ0n) is 14.5. The molecule has 0 bridgehead atoms. The molecule has 2 aromatic carbocycles. The molecule has 6 heteroatoms. The van der Waals surface area contributed by atoms with E-state index in [9.17, 15) is 4.79 Å². The largest absolute Gasteiger partial charge is 0.342 e. The first-order chi connectivity index (χ1) is 12.6. The van der Waals surface area contributed by atoms with Crippen molar-refractivity contribution in [1.82, 2.24) is 14.5 Å². The minimum atomic E-state index is 0.109. The summed E-state index contributed by atoms with van der Waals surface area (Å²) in [5.74, 6) is 1.27. The van der Waals surface area contributed by atoms with E-state index in [4.69, 9.17) is 28.2 Å². The molecule has 1 fully saturated rings. The molecule has 4 rings (SSSR count). The Morgan fingerprint density at radius 2 is 1.96 bits per heavy atom. The molecule has 1 saturated heterocycles. The summed E-state index contributed by atoms with van der Waals surface area (Å²) in [6.07, 6.45) is 0.512. The van der Waals surface area contributed by atoms with E-state index in [1.807, 2.05) is 48.2 Å². The van der Waals surface area contributed by atoms with Gasteiger partial charge in [0.1, 0.15) is 5.82 Å². The second-order valence-electron chi connectivity index (χ2n) is 6.63. The van der Waals surface area contributed by atoms with Crippen molar-refractivity contribution >= 4 is 40.1 Å². The number of likely N-dealkylation sites (N-methyl/N-ethyl adjacent to an activating group) is 1. The third kappa shape index (κ3) is 3.08. The van der Waals surface area contributed by atoms with Crippen LogP contribution in [0.3, 0.4) is 0 Å². The van der Waals surface area contributed by atoms with Gasteiger partial charge in [-0.05, 0) is 36.8 Å². The van der Waals surface area contributed by atoms with Crippen molar-refractivity contribution in [1.29, 1.82) is 0 Å². The predicted molar refractivity (Wildman–Crippen MR) is 105 cm³/mol. The highest BCUT2D eigenvalue weighted by Gasteiger charge is 2.33. The summed E-state index contributed by atoms with van der Waals surface area (Å²) >= 11 is 12.2. The number of carbonyl (C=O) groups excluding carboxylic acids is 1. The van der Waals surface area contributed by atoms with Gasteiger partial charge in [-0.2, -0.15) is 0 Å². The highest BCUT2D eigenvalue weighted by molar-refractivity contribution is 6.42. The molecule has 0 N–H and O–H groups in total. The highest BCUT2D eigenvalue weighted by Crippen LogP contribution is 2.31. The summed E-state index contributed by atoms with van der Waals surface area (Å²) in [6.45, 7) is 4.12. The number of likely N-dealkylation sites (tertiary alicyclic amines) is 1. The number of benzene rings is 2. The molecule has 0 unspecified atom stereocenters. The first-order valence-electron chi connectivity index (χ1n) is 8.73. The van der Waals surface area contributed by atoms with Crippen molar-refractivity contribution in [3.8, 4) is 0 Å². The van der Waals surface area contributed by atoms with Crippen LogP contribution in [0.5, 0.6) is 0 Å². The molecular formula is C20H19Cl2N3O. The lowest BCUT2D eigenvalue weighted by Crippen LogP contribution is -2.24. The lowest BCUT2D eigenvalue weighted by Gasteiger charge is -2.15. The monoisotopic (exact) mass is 387 g/mol. The van der Waals surface area contributed by atoms with Crippen molar-refractivity contribution in [2.45, 2.75) is 25.8 Å². The maximum absolute atomic E-state index is 12.2. The molecule has 0 saturated carbocycles. The molecule has 0 spiro atoms. The van der Waals surface area contributed by atoms with E-state index in [0.29, 0.717) is 23.0 Å². The molecule has 134 valence electrons. The van der Waals surface area contributed by atoms with Gasteiger partial charge in [0.2, 0.25) is 5.91 Å². The van der Waals surface area contributed by atoms with Gasteiger partial charge in [0, 0.05) is 32.0 Å². The van der Waals surface area contributed by atoms with Gasteiger partial charge < -0.3 is 9.47 Å². The van der Waals surface area contributed by atoms with Crippen LogP contribution < -0.4 is 0 Å². The van der Waals surface area contributed by atoms with E-state index in [-0.39, 0.29) is 11.8 Å². The number of amides is 1. The van der Waals surface area contributed by atoms with Crippen LogP contribution in [0.2, 0.25) is 10.0 Å². The number of hydrogen-bond acceptors (Lipinski definition) is 2. The molecule has 1 atom stereocenters. The van der Waals surface area contributed by atoms with Gasteiger partial charge in [-0.1, -0.05) is 41.4 Å². The Balaban J connectivity index is 1.77. The second kappa shape index (κ2) is 6.93. The fourth-order valence-corrected chi connectivity index (χ4v) is 3.96. The number of aromatic nitrogens is 2. The maximum Gasteiger partial charge on any atom is 0.223 e.